The number of carbonyl (C=O) groups excluding carboxylic acids is 4. The summed E-state index contributed by atoms with van der Waals surface area (Å²) in [6, 6.07) is 78.8. The molecule has 0 radical (unpaired) electrons. The van der Waals surface area contributed by atoms with Gasteiger partial charge in [0.15, 0.2) is 0 Å². The van der Waals surface area contributed by atoms with Crippen molar-refractivity contribution in [3.05, 3.63) is 302 Å². The van der Waals surface area contributed by atoms with E-state index in [1.807, 2.05) is 175 Å². The van der Waals surface area contributed by atoms with Crippen molar-refractivity contribution in [3.8, 4) is 86.0 Å². The molecule has 1 unspecified atom stereocenters. The summed E-state index contributed by atoms with van der Waals surface area (Å²) < 4.78 is 25.1. The Labute approximate surface area is 794 Å². The highest BCUT2D eigenvalue weighted by molar-refractivity contribution is 7.88. The number of pyridine rings is 5. The van der Waals surface area contributed by atoms with Crippen molar-refractivity contribution in [2.75, 3.05) is 105 Å². The predicted octanol–water partition coefficient (Wildman–Crippen LogP) is 17.6. The van der Waals surface area contributed by atoms with E-state index in [2.05, 4.69) is 142 Å². The molecule has 10 aromatic carbocycles. The van der Waals surface area contributed by atoms with Crippen molar-refractivity contribution in [3.63, 3.8) is 0 Å². The van der Waals surface area contributed by atoms with Gasteiger partial charge in [-0.05, 0) is 279 Å². The number of hydrogen-bond donors (Lipinski definition) is 9. The topological polar surface area (TPSA) is 449 Å². The molecular formula is C107H101N23O6S. The van der Waals surface area contributed by atoms with Crippen LogP contribution in [0.3, 0.4) is 0 Å². The third-order valence-electron chi connectivity index (χ3n) is 24.7. The van der Waals surface area contributed by atoms with Crippen molar-refractivity contribution in [2.24, 2.45) is 23.1 Å². The molecule has 0 bridgehead atoms. The first-order chi connectivity index (χ1) is 66.5. The number of anilines is 5. The zero-order valence-corrected chi connectivity index (χ0v) is 76.5. The lowest BCUT2D eigenvalue weighted by Gasteiger charge is -2.31. The first kappa shape index (κ1) is 94.5. The standard InChI is InChI=1S/C23H23N5O.C22H20N4O.C21H19N5O.C21H20N4O2S.C20H19N5O/c24-13-17-2-1-3-18(10-17)20-11-19-4-7-26-15-21(19)22(12-20)27-14-16-5-8-28(9-6-16)23(25)29;1-15(27)26-8-6-20(14-26)25-22-11-19(10-18-5-7-24-13-21(18)22)17-4-2-3-16(9-17)12-23;22-11-14-2-1-3-15(8-14)17-9-16-4-6-24-12-19(16)20(10-17)25-18-5-7-26(13-18)21(23)27;1-28(26,27)25-8-6-19(14-25)24-21-11-18(10-17-5-7-23-13-20(17)21)16-4-2-3-15(9-16)12-22;21-12-14-3-1-4-15(9-14)17-10-16-5-8-23-13-18(16)19(11-17)24-6-2-7-25-20(22)26/h1-4,7,10-12,15-16,27H,5-6,8-9,14H2,(H2,25,29);2-5,7,9-11,13,20,25H,6,8,14H2,1H3;1-4,6,8-10,12,18,25H,5,7,13H2,(H2,23,27);2-5,7,9-11,13,19,24H,6,8,14H2,1H3;1,3-5,8-11,13,24H,2,6-7H2,(H3,22,25,26)/t;20-;;19-;/m.0.0./s1. The highest BCUT2D eigenvalue weighted by Gasteiger charge is 2.31. The average Bonchev–Trinajstić information content (AvgIpc) is 1.78. The summed E-state index contributed by atoms with van der Waals surface area (Å²) >= 11 is 0. The molecule has 19 rings (SSSR count). The maximum Gasteiger partial charge on any atom is 0.314 e. The van der Waals surface area contributed by atoms with Gasteiger partial charge < -0.3 is 63.8 Å². The lowest BCUT2D eigenvalue weighted by Crippen LogP contribution is -2.42. The zero-order valence-electron chi connectivity index (χ0n) is 75.7. The number of amides is 7. The Morgan fingerprint density at radius 1 is 0.365 bits per heavy atom. The van der Waals surface area contributed by atoms with Crippen molar-refractivity contribution in [1.29, 1.82) is 26.3 Å². The van der Waals surface area contributed by atoms with Crippen molar-refractivity contribution in [2.45, 2.75) is 63.6 Å². The van der Waals surface area contributed by atoms with Gasteiger partial charge in [0.25, 0.3) is 0 Å². The number of nitrogens with two attached hydrogens (primary N) is 3. The second-order valence-corrected chi connectivity index (χ2v) is 36.0. The van der Waals surface area contributed by atoms with Crippen LogP contribution < -0.4 is 49.1 Å². The molecule has 5 aromatic heterocycles. The van der Waals surface area contributed by atoms with Gasteiger partial charge in [0.05, 0.1) is 64.4 Å². The van der Waals surface area contributed by atoms with Crippen LogP contribution in [0.5, 0.6) is 0 Å². The van der Waals surface area contributed by atoms with Crippen LogP contribution >= 0.6 is 0 Å². The van der Waals surface area contributed by atoms with Gasteiger partial charge in [0, 0.05) is 214 Å². The second-order valence-electron chi connectivity index (χ2n) is 34.0. The molecule has 4 aliphatic heterocycles. The highest BCUT2D eigenvalue weighted by atomic mass is 32.2. The summed E-state index contributed by atoms with van der Waals surface area (Å²) in [5, 5.41) is 76.7. The molecule has 0 saturated carbocycles. The number of nitrogens with zero attached hydrogens (tertiary/aromatic N) is 14. The predicted molar refractivity (Wildman–Crippen MR) is 538 cm³/mol. The van der Waals surface area contributed by atoms with E-state index in [-0.39, 0.29) is 36.1 Å². The number of sulfonamides is 1. The third-order valence-corrected chi connectivity index (χ3v) is 26.0. The molecule has 7 amide bonds. The largest absolute Gasteiger partial charge is 0.384 e. The van der Waals surface area contributed by atoms with Crippen LogP contribution in [0, 0.1) is 62.6 Å². The maximum atomic E-state index is 11.8. The minimum atomic E-state index is -3.18. The number of hydrogen-bond acceptors (Lipinski definition) is 21. The van der Waals surface area contributed by atoms with E-state index in [4.69, 9.17) is 22.5 Å². The van der Waals surface area contributed by atoms with E-state index >= 15 is 0 Å². The lowest BCUT2D eigenvalue weighted by molar-refractivity contribution is -0.127. The Bertz CT molecular complexity index is 7190. The molecule has 9 heterocycles. The Morgan fingerprint density at radius 3 is 0.978 bits per heavy atom. The Kier molecular flexibility index (Phi) is 30.6. The molecule has 30 heteroatoms. The molecule has 12 N–H and O–H groups in total. The van der Waals surface area contributed by atoms with Gasteiger partial charge in [-0.15, -0.1) is 0 Å². The number of rotatable bonds is 20. The number of primary amides is 3. The Morgan fingerprint density at radius 2 is 0.672 bits per heavy atom. The maximum absolute atomic E-state index is 11.8. The highest BCUT2D eigenvalue weighted by Crippen LogP contribution is 2.39. The number of likely N-dealkylation sites (tertiary alicyclic amines) is 3. The van der Waals surface area contributed by atoms with E-state index in [1.165, 1.54) is 10.6 Å². The van der Waals surface area contributed by atoms with Crippen molar-refractivity contribution >= 4 is 116 Å². The normalized spacial score (nSPS) is 15.0. The number of nitrogens with one attached hydrogen (secondary N) is 6. The lowest BCUT2D eigenvalue weighted by atomic mass is 9.96. The van der Waals surface area contributed by atoms with Crippen LogP contribution in [-0.2, 0) is 14.8 Å². The fraction of sp³-hybridized carbons (Fsp3) is 0.215. The molecular weight excluding hydrogens is 1740 g/mol. The second kappa shape index (κ2) is 44.4. The van der Waals surface area contributed by atoms with Gasteiger partial charge in [-0.2, -0.15) is 26.3 Å². The number of benzene rings is 10. The molecule has 0 aliphatic carbocycles. The van der Waals surface area contributed by atoms with Gasteiger partial charge in [0.2, 0.25) is 15.9 Å². The SMILES string of the molecule is CC(=O)N1CC[C@H](Nc2cc(-c3cccc(C#N)c3)cc3ccncc23)C1.CS(=O)(=O)N1CC[C@H](Nc2cc(-c3cccc(C#N)c3)cc3ccncc23)C1.N#Cc1cccc(-c2cc(NC3CCN(C(N)=O)C3)c3cnccc3c2)c1.N#Cc1cccc(-c2cc(NCC3CCN(C(N)=O)CC3)c3cnccc3c2)c1.N#Cc1cccc(-c2cc(NCCCNC(N)=O)c3cnccc3c2)c1. The summed E-state index contributed by atoms with van der Waals surface area (Å²) in [5.41, 5.74) is 34.0. The zero-order chi connectivity index (χ0) is 95.9. The molecule has 15 aromatic rings. The summed E-state index contributed by atoms with van der Waals surface area (Å²) in [6.07, 6.45) is 24.5. The molecule has 686 valence electrons. The summed E-state index contributed by atoms with van der Waals surface area (Å²) in [7, 11) is -3.18. The summed E-state index contributed by atoms with van der Waals surface area (Å²) in [6.45, 7) is 8.80. The van der Waals surface area contributed by atoms with Gasteiger partial charge in [-0.25, -0.2) is 27.1 Å². The molecule has 137 heavy (non-hydrogen) atoms. The first-order valence-corrected chi connectivity index (χ1v) is 46.9. The van der Waals surface area contributed by atoms with E-state index in [0.29, 0.717) is 92.6 Å². The molecule has 4 fully saturated rings. The molecule has 4 saturated heterocycles. The first-order valence-electron chi connectivity index (χ1n) is 45.0. The molecule has 29 nitrogen and oxygen atoms in total. The number of piperidine rings is 1. The van der Waals surface area contributed by atoms with Crippen LogP contribution in [0.1, 0.15) is 73.3 Å². The Hall–Kier alpha value is -17.1. The number of fused-ring (bicyclic) bond motifs is 5. The fourth-order valence-electron chi connectivity index (χ4n) is 17.5. The van der Waals surface area contributed by atoms with E-state index in [9.17, 15) is 48.6 Å². The van der Waals surface area contributed by atoms with Crippen LogP contribution in [0.25, 0.3) is 109 Å². The van der Waals surface area contributed by atoms with Crippen molar-refractivity contribution < 1.29 is 27.6 Å². The Balaban J connectivity index is 0.000000130. The fourth-order valence-corrected chi connectivity index (χ4v) is 18.4. The molecule has 4 aliphatic rings. The van der Waals surface area contributed by atoms with Gasteiger partial charge in [0.1, 0.15) is 0 Å². The van der Waals surface area contributed by atoms with E-state index in [1.54, 1.807) is 65.9 Å². The van der Waals surface area contributed by atoms with Crippen LogP contribution in [0.15, 0.2) is 274 Å². The number of carbonyl (C=O) groups is 4. The van der Waals surface area contributed by atoms with Gasteiger partial charge >= 0.3 is 18.1 Å². The van der Waals surface area contributed by atoms with Crippen LogP contribution in [0.2, 0.25) is 0 Å². The molecule has 0 spiro atoms. The van der Waals surface area contributed by atoms with Crippen LogP contribution in [0.4, 0.5) is 42.8 Å². The summed E-state index contributed by atoms with van der Waals surface area (Å²) in [5.74, 6) is 0.607. The van der Waals surface area contributed by atoms with Gasteiger partial charge in [-0.1, -0.05) is 60.7 Å². The van der Waals surface area contributed by atoms with Crippen LogP contribution in [-0.4, -0.2) is 173 Å². The average molecular weight is 1840 g/mol. The van der Waals surface area contributed by atoms with Gasteiger partial charge in [-0.3, -0.25) is 29.7 Å². The molecule has 3 atom stereocenters. The monoisotopic (exact) mass is 1840 g/mol. The third kappa shape index (κ3) is 24.4. The number of nitriles is 5. The summed E-state index contributed by atoms with van der Waals surface area (Å²) in [4.78, 5) is 71.5. The van der Waals surface area contributed by atoms with Crippen molar-refractivity contribution in [1.82, 2.24) is 49.2 Å². The number of urea groups is 3. The number of aromatic nitrogens is 5. The van der Waals surface area contributed by atoms with E-state index < -0.39 is 16.1 Å². The quantitative estimate of drug-likeness (QED) is 0.0320. The minimum absolute atomic E-state index is 0.0406. The minimum Gasteiger partial charge on any atom is -0.384 e. The van der Waals surface area contributed by atoms with E-state index in [0.717, 1.165) is 190 Å². The smallest absolute Gasteiger partial charge is 0.314 e.